The molecule has 1 atom stereocenters. The molecule has 1 unspecified atom stereocenters. The van der Waals surface area contributed by atoms with Gasteiger partial charge in [0.15, 0.2) is 5.96 Å². The third kappa shape index (κ3) is 4.82. The number of rotatable bonds is 4. The van der Waals surface area contributed by atoms with E-state index in [4.69, 9.17) is 9.47 Å². The van der Waals surface area contributed by atoms with Gasteiger partial charge in [-0.3, -0.25) is 4.99 Å². The Bertz CT molecular complexity index is 307. The Labute approximate surface area is 126 Å². The van der Waals surface area contributed by atoms with Crippen LogP contribution >= 0.6 is 11.8 Å². The van der Waals surface area contributed by atoms with Gasteiger partial charge in [0.25, 0.3) is 0 Å². The number of hydrogen-bond acceptors (Lipinski definition) is 4. The lowest BCUT2D eigenvalue weighted by molar-refractivity contribution is -0.0447. The van der Waals surface area contributed by atoms with E-state index in [1.807, 2.05) is 7.05 Å². The van der Waals surface area contributed by atoms with E-state index < -0.39 is 0 Å². The second-order valence-electron chi connectivity index (χ2n) is 5.38. The molecule has 2 aliphatic rings. The zero-order chi connectivity index (χ0) is 14.2. The summed E-state index contributed by atoms with van der Waals surface area (Å²) in [6.45, 7) is 4.19. The molecule has 1 N–H and O–H groups in total. The zero-order valence-electron chi connectivity index (χ0n) is 12.6. The molecular formula is C14H27N3O2S. The molecule has 20 heavy (non-hydrogen) atoms. The first kappa shape index (κ1) is 15.9. The smallest absolute Gasteiger partial charge is 0.193 e. The molecule has 0 bridgehead atoms. The highest BCUT2D eigenvalue weighted by Crippen LogP contribution is 2.21. The van der Waals surface area contributed by atoms with Crippen molar-refractivity contribution in [3.8, 4) is 0 Å². The van der Waals surface area contributed by atoms with Crippen LogP contribution in [0.3, 0.4) is 0 Å². The van der Waals surface area contributed by atoms with E-state index in [9.17, 15) is 0 Å². The maximum Gasteiger partial charge on any atom is 0.193 e. The minimum absolute atomic E-state index is 0.151. The molecule has 0 aliphatic carbocycles. The first-order chi connectivity index (χ1) is 9.83. The Morgan fingerprint density at radius 3 is 2.95 bits per heavy atom. The third-order valence-corrected chi connectivity index (χ3v) is 4.94. The average molecular weight is 301 g/mol. The van der Waals surface area contributed by atoms with Crippen molar-refractivity contribution in [2.45, 2.75) is 18.9 Å². The fourth-order valence-electron chi connectivity index (χ4n) is 2.72. The summed E-state index contributed by atoms with van der Waals surface area (Å²) in [5, 5.41) is 3.54. The van der Waals surface area contributed by atoms with Crippen LogP contribution < -0.4 is 5.32 Å². The molecule has 5 nitrogen and oxygen atoms in total. The number of nitrogens with zero attached hydrogens (tertiary/aromatic N) is 2. The third-order valence-electron chi connectivity index (χ3n) is 3.89. The van der Waals surface area contributed by atoms with Gasteiger partial charge in [-0.1, -0.05) is 0 Å². The van der Waals surface area contributed by atoms with E-state index in [1.165, 1.54) is 24.3 Å². The highest BCUT2D eigenvalue weighted by atomic mass is 32.2. The molecule has 0 aromatic heterocycles. The lowest BCUT2D eigenvalue weighted by Crippen LogP contribution is -2.52. The molecule has 116 valence electrons. The van der Waals surface area contributed by atoms with Gasteiger partial charge < -0.3 is 19.7 Å². The first-order valence-corrected chi connectivity index (χ1v) is 8.63. The molecule has 2 aliphatic heterocycles. The first-order valence-electron chi connectivity index (χ1n) is 7.47. The molecular weight excluding hydrogens is 274 g/mol. The fourth-order valence-corrected chi connectivity index (χ4v) is 3.92. The summed E-state index contributed by atoms with van der Waals surface area (Å²) in [4.78, 5) is 6.70. The van der Waals surface area contributed by atoms with Gasteiger partial charge in [-0.05, 0) is 30.3 Å². The van der Waals surface area contributed by atoms with Crippen LogP contribution in [0.1, 0.15) is 12.8 Å². The number of guanidine groups is 1. The van der Waals surface area contributed by atoms with Crippen molar-refractivity contribution in [2.24, 2.45) is 10.9 Å². The van der Waals surface area contributed by atoms with Crippen LogP contribution in [0.25, 0.3) is 0 Å². The zero-order valence-corrected chi connectivity index (χ0v) is 13.5. The van der Waals surface area contributed by atoms with E-state index in [-0.39, 0.29) is 6.10 Å². The molecule has 2 heterocycles. The summed E-state index contributed by atoms with van der Waals surface area (Å²) in [6.07, 6.45) is 2.80. The fraction of sp³-hybridized carbons (Fsp3) is 0.929. The van der Waals surface area contributed by atoms with E-state index in [2.05, 4.69) is 27.0 Å². The summed E-state index contributed by atoms with van der Waals surface area (Å²) >= 11 is 2.07. The molecule has 0 aromatic carbocycles. The standard InChI is InChI=1S/C14H27N3O2S/c1-15-14(16-9-12-3-7-20-8-4-12)17-5-6-19-13(10-17)11-18-2/h12-13H,3-11H2,1-2H3,(H,15,16). The van der Waals surface area contributed by atoms with E-state index >= 15 is 0 Å². The molecule has 2 saturated heterocycles. The van der Waals surface area contributed by atoms with Crippen LogP contribution in [0.15, 0.2) is 4.99 Å². The van der Waals surface area contributed by atoms with Gasteiger partial charge >= 0.3 is 0 Å². The van der Waals surface area contributed by atoms with Crippen LogP contribution in [0.5, 0.6) is 0 Å². The van der Waals surface area contributed by atoms with Crippen molar-refractivity contribution in [3.05, 3.63) is 0 Å². The summed E-state index contributed by atoms with van der Waals surface area (Å²) in [5.74, 6) is 4.41. The van der Waals surface area contributed by atoms with Crippen molar-refractivity contribution in [1.29, 1.82) is 0 Å². The lowest BCUT2D eigenvalue weighted by atomic mass is 10.0. The molecule has 6 heteroatoms. The maximum absolute atomic E-state index is 5.69. The number of aliphatic imine (C=N–C) groups is 1. The lowest BCUT2D eigenvalue weighted by Gasteiger charge is -2.35. The van der Waals surface area contributed by atoms with Gasteiger partial charge in [0.1, 0.15) is 0 Å². The second-order valence-corrected chi connectivity index (χ2v) is 6.60. The summed E-state index contributed by atoms with van der Waals surface area (Å²) < 4.78 is 10.9. The van der Waals surface area contributed by atoms with Crippen molar-refractivity contribution in [2.75, 3.05) is 58.5 Å². The Balaban J connectivity index is 1.78. The predicted molar refractivity (Wildman–Crippen MR) is 84.6 cm³/mol. The molecule has 2 fully saturated rings. The van der Waals surface area contributed by atoms with E-state index in [1.54, 1.807) is 7.11 Å². The van der Waals surface area contributed by atoms with Gasteiger partial charge in [0, 0.05) is 33.8 Å². The van der Waals surface area contributed by atoms with Gasteiger partial charge in [-0.15, -0.1) is 0 Å². The highest BCUT2D eigenvalue weighted by Gasteiger charge is 2.23. The molecule has 0 amide bonds. The summed E-state index contributed by atoms with van der Waals surface area (Å²) in [7, 11) is 3.58. The molecule has 2 rings (SSSR count). The maximum atomic E-state index is 5.69. The normalized spacial score (nSPS) is 25.8. The van der Waals surface area contributed by atoms with Crippen molar-refractivity contribution < 1.29 is 9.47 Å². The Morgan fingerprint density at radius 1 is 1.45 bits per heavy atom. The number of hydrogen-bond donors (Lipinski definition) is 1. The van der Waals surface area contributed by atoms with Crippen LogP contribution in [0.2, 0.25) is 0 Å². The van der Waals surface area contributed by atoms with Crippen molar-refractivity contribution >= 4 is 17.7 Å². The number of nitrogens with one attached hydrogen (secondary N) is 1. The molecule has 0 radical (unpaired) electrons. The monoisotopic (exact) mass is 301 g/mol. The largest absolute Gasteiger partial charge is 0.382 e. The average Bonchev–Trinajstić information content (AvgIpc) is 2.50. The Morgan fingerprint density at radius 2 is 2.25 bits per heavy atom. The minimum Gasteiger partial charge on any atom is -0.382 e. The Hall–Kier alpha value is -0.460. The van der Waals surface area contributed by atoms with Gasteiger partial charge in [-0.2, -0.15) is 11.8 Å². The second kappa shape index (κ2) is 8.74. The predicted octanol–water partition coefficient (Wildman–Crippen LogP) is 1.05. The summed E-state index contributed by atoms with van der Waals surface area (Å²) in [6, 6.07) is 0. The SMILES string of the molecule is CN=C(NCC1CCSCC1)N1CCOC(COC)C1. The number of thioether (sulfide) groups is 1. The highest BCUT2D eigenvalue weighted by molar-refractivity contribution is 7.99. The topological polar surface area (TPSA) is 46.1 Å². The summed E-state index contributed by atoms with van der Waals surface area (Å²) in [5.41, 5.74) is 0. The van der Waals surface area contributed by atoms with Gasteiger partial charge in [0.05, 0.1) is 19.3 Å². The molecule has 0 saturated carbocycles. The number of methoxy groups -OCH3 is 1. The van der Waals surface area contributed by atoms with Crippen LogP contribution in [0, 0.1) is 5.92 Å². The van der Waals surface area contributed by atoms with E-state index in [0.717, 1.165) is 38.1 Å². The van der Waals surface area contributed by atoms with Crippen molar-refractivity contribution in [1.82, 2.24) is 10.2 Å². The molecule has 0 aromatic rings. The quantitative estimate of drug-likeness (QED) is 0.621. The number of ether oxygens (including phenoxy) is 2. The van der Waals surface area contributed by atoms with Gasteiger partial charge in [0.2, 0.25) is 0 Å². The van der Waals surface area contributed by atoms with Crippen LogP contribution in [-0.2, 0) is 9.47 Å². The molecule has 0 spiro atoms. The Kier molecular flexibility index (Phi) is 6.96. The van der Waals surface area contributed by atoms with Crippen LogP contribution in [0.4, 0.5) is 0 Å². The number of morpholine rings is 1. The van der Waals surface area contributed by atoms with Crippen LogP contribution in [-0.4, -0.2) is 75.5 Å². The van der Waals surface area contributed by atoms with Gasteiger partial charge in [-0.25, -0.2) is 0 Å². The minimum atomic E-state index is 0.151. The van der Waals surface area contributed by atoms with E-state index in [0.29, 0.717) is 6.61 Å². The van der Waals surface area contributed by atoms with Crippen molar-refractivity contribution in [3.63, 3.8) is 0 Å².